The van der Waals surface area contributed by atoms with Gasteiger partial charge in [0.05, 0.1) is 0 Å². The lowest BCUT2D eigenvalue weighted by Crippen LogP contribution is -2.37. The van der Waals surface area contributed by atoms with E-state index in [1.807, 2.05) is 41.5 Å². The van der Waals surface area contributed by atoms with Gasteiger partial charge in [-0.3, -0.25) is 9.59 Å². The summed E-state index contributed by atoms with van der Waals surface area (Å²) in [6.45, 7) is 12.3. The van der Waals surface area contributed by atoms with Crippen LogP contribution in [0.5, 0.6) is 0 Å². The Morgan fingerprint density at radius 3 is 1.27 bits per heavy atom. The third kappa shape index (κ3) is 9.53. The summed E-state index contributed by atoms with van der Waals surface area (Å²) >= 11 is 0. The number of nitrogens with one attached hydrogen (secondary N) is 2. The summed E-state index contributed by atoms with van der Waals surface area (Å²) in [7, 11) is 0. The van der Waals surface area contributed by atoms with E-state index in [2.05, 4.69) is 10.6 Å². The first-order valence-corrected chi connectivity index (χ1v) is 8.03. The molecule has 0 aliphatic rings. The summed E-state index contributed by atoms with van der Waals surface area (Å²) in [5.41, 5.74) is -0.635. The number of ketones is 2. The van der Waals surface area contributed by atoms with Crippen molar-refractivity contribution in [3.8, 4) is 0 Å². The van der Waals surface area contributed by atoms with Crippen molar-refractivity contribution in [1.29, 1.82) is 0 Å². The molecule has 22 heavy (non-hydrogen) atoms. The Balaban J connectivity index is 3.68. The molecule has 0 aromatic rings. The Hall–Kier alpha value is -1.39. The van der Waals surface area contributed by atoms with E-state index < -0.39 is 0 Å². The maximum Gasteiger partial charge on any atom is 0.314 e. The molecule has 2 N–H and O–H groups in total. The van der Waals surface area contributed by atoms with Gasteiger partial charge in [0.2, 0.25) is 0 Å². The Morgan fingerprint density at radius 2 is 1.00 bits per heavy atom. The zero-order valence-corrected chi connectivity index (χ0v) is 15.0. The van der Waals surface area contributed by atoms with Gasteiger partial charge in [-0.25, -0.2) is 4.79 Å². The van der Waals surface area contributed by atoms with Crippen molar-refractivity contribution in [3.63, 3.8) is 0 Å². The normalized spacial score (nSPS) is 11.9. The number of Topliss-reactive ketones (excluding diaryl/α,β-unsaturated/α-hetero) is 2. The quantitative estimate of drug-likeness (QED) is 0.676. The molecule has 0 unspecified atom stereocenters. The average molecular weight is 312 g/mol. The fourth-order valence-corrected chi connectivity index (χ4v) is 1.71. The van der Waals surface area contributed by atoms with Crippen LogP contribution in [0.25, 0.3) is 0 Å². The average Bonchev–Trinajstić information content (AvgIpc) is 2.36. The topological polar surface area (TPSA) is 75.3 Å². The highest BCUT2D eigenvalue weighted by atomic mass is 16.2. The van der Waals surface area contributed by atoms with E-state index in [9.17, 15) is 14.4 Å². The summed E-state index contributed by atoms with van der Waals surface area (Å²) in [4.78, 5) is 34.9. The van der Waals surface area contributed by atoms with Gasteiger partial charge in [-0.2, -0.15) is 0 Å². The van der Waals surface area contributed by atoms with Gasteiger partial charge >= 0.3 is 6.03 Å². The summed E-state index contributed by atoms with van der Waals surface area (Å²) in [6, 6.07) is -0.244. The Bertz CT molecular complexity index is 354. The minimum Gasteiger partial charge on any atom is -0.338 e. The number of hydrogen-bond donors (Lipinski definition) is 2. The van der Waals surface area contributed by atoms with E-state index in [0.29, 0.717) is 38.8 Å². The molecule has 0 bridgehead atoms. The summed E-state index contributed by atoms with van der Waals surface area (Å²) in [6.07, 6.45) is 2.24. The fraction of sp³-hybridized carbons (Fsp3) is 0.824. The first kappa shape index (κ1) is 20.6. The van der Waals surface area contributed by atoms with Crippen molar-refractivity contribution in [3.05, 3.63) is 0 Å². The molecule has 0 aromatic carbocycles. The molecule has 0 saturated carbocycles. The van der Waals surface area contributed by atoms with Crippen LogP contribution in [-0.4, -0.2) is 30.7 Å². The van der Waals surface area contributed by atoms with E-state index in [4.69, 9.17) is 0 Å². The van der Waals surface area contributed by atoms with Crippen LogP contribution in [0.4, 0.5) is 4.79 Å². The zero-order chi connectivity index (χ0) is 17.4. The van der Waals surface area contributed by atoms with Crippen molar-refractivity contribution in [2.24, 2.45) is 10.8 Å². The predicted octanol–water partition coefficient (Wildman–Crippen LogP) is 3.08. The maximum atomic E-state index is 11.7. The molecule has 5 nitrogen and oxygen atoms in total. The number of carbonyl (C=O) groups is 3. The third-order valence-electron chi connectivity index (χ3n) is 3.41. The molecule has 5 heteroatoms. The molecule has 0 spiro atoms. The molecule has 2 amide bonds. The highest BCUT2D eigenvalue weighted by Crippen LogP contribution is 2.17. The first-order valence-electron chi connectivity index (χ1n) is 8.03. The smallest absolute Gasteiger partial charge is 0.314 e. The van der Waals surface area contributed by atoms with E-state index in [1.54, 1.807) is 0 Å². The lowest BCUT2D eigenvalue weighted by atomic mass is 9.88. The van der Waals surface area contributed by atoms with Gasteiger partial charge in [-0.05, 0) is 12.8 Å². The molecule has 128 valence electrons. The third-order valence-corrected chi connectivity index (χ3v) is 3.41. The second-order valence-corrected chi connectivity index (χ2v) is 7.74. The van der Waals surface area contributed by atoms with Crippen LogP contribution in [0.2, 0.25) is 0 Å². The van der Waals surface area contributed by atoms with E-state index in [-0.39, 0.29) is 28.4 Å². The van der Waals surface area contributed by atoms with Crippen LogP contribution >= 0.6 is 0 Å². The van der Waals surface area contributed by atoms with Crippen LogP contribution in [-0.2, 0) is 9.59 Å². The number of carbonyl (C=O) groups excluding carboxylic acids is 3. The largest absolute Gasteiger partial charge is 0.338 e. The second kappa shape index (κ2) is 8.91. The Morgan fingerprint density at radius 1 is 0.682 bits per heavy atom. The van der Waals surface area contributed by atoms with Crippen molar-refractivity contribution >= 4 is 17.6 Å². The van der Waals surface area contributed by atoms with Crippen molar-refractivity contribution in [2.45, 2.75) is 67.2 Å². The van der Waals surface area contributed by atoms with Gasteiger partial charge in [0.25, 0.3) is 0 Å². The van der Waals surface area contributed by atoms with Crippen LogP contribution < -0.4 is 10.6 Å². The fourth-order valence-electron chi connectivity index (χ4n) is 1.71. The van der Waals surface area contributed by atoms with E-state index >= 15 is 0 Å². The molecule has 0 saturated heterocycles. The lowest BCUT2D eigenvalue weighted by Gasteiger charge is -2.16. The standard InChI is InChI=1S/C17H32N2O3/c1-16(2,3)13(20)9-7-11-18-15(22)19-12-8-10-14(21)17(4,5)6/h7-12H2,1-6H3,(H2,18,19,22). The summed E-state index contributed by atoms with van der Waals surface area (Å²) < 4.78 is 0. The summed E-state index contributed by atoms with van der Waals surface area (Å²) in [5, 5.41) is 5.44. The van der Waals surface area contributed by atoms with Gasteiger partial charge in [0.1, 0.15) is 11.6 Å². The molecular formula is C17H32N2O3. The summed E-state index contributed by atoms with van der Waals surface area (Å²) in [5.74, 6) is 0.408. The van der Waals surface area contributed by atoms with Gasteiger partial charge in [0, 0.05) is 36.8 Å². The highest BCUT2D eigenvalue weighted by Gasteiger charge is 2.21. The molecule has 0 rings (SSSR count). The van der Waals surface area contributed by atoms with Crippen molar-refractivity contribution < 1.29 is 14.4 Å². The molecule has 0 aliphatic carbocycles. The van der Waals surface area contributed by atoms with Gasteiger partial charge < -0.3 is 10.6 Å². The zero-order valence-electron chi connectivity index (χ0n) is 15.0. The first-order chi connectivity index (χ1) is 9.94. The predicted molar refractivity (Wildman–Crippen MR) is 88.8 cm³/mol. The molecule has 0 aliphatic heterocycles. The Kier molecular flexibility index (Phi) is 8.35. The van der Waals surface area contributed by atoms with Gasteiger partial charge in [-0.1, -0.05) is 41.5 Å². The number of urea groups is 1. The minimum absolute atomic E-state index is 0.204. The van der Waals surface area contributed by atoms with Crippen molar-refractivity contribution in [2.75, 3.05) is 13.1 Å². The number of rotatable bonds is 8. The van der Waals surface area contributed by atoms with E-state index in [0.717, 1.165) is 0 Å². The molecule has 0 heterocycles. The van der Waals surface area contributed by atoms with Crippen LogP contribution in [0, 0.1) is 10.8 Å². The molecule has 0 fully saturated rings. The highest BCUT2D eigenvalue weighted by molar-refractivity contribution is 5.84. The molecule has 0 radical (unpaired) electrons. The minimum atomic E-state index is -0.318. The van der Waals surface area contributed by atoms with Gasteiger partial charge in [0.15, 0.2) is 0 Å². The van der Waals surface area contributed by atoms with E-state index in [1.165, 1.54) is 0 Å². The van der Waals surface area contributed by atoms with Crippen LogP contribution in [0.3, 0.4) is 0 Å². The Labute approximate surface area is 134 Å². The van der Waals surface area contributed by atoms with Crippen molar-refractivity contribution in [1.82, 2.24) is 10.6 Å². The number of amides is 2. The molecule has 0 aromatic heterocycles. The number of hydrogen-bond acceptors (Lipinski definition) is 3. The maximum absolute atomic E-state index is 11.7. The van der Waals surface area contributed by atoms with Crippen LogP contribution in [0.1, 0.15) is 67.2 Å². The van der Waals surface area contributed by atoms with Crippen LogP contribution in [0.15, 0.2) is 0 Å². The molecule has 0 atom stereocenters. The monoisotopic (exact) mass is 312 g/mol. The SMILES string of the molecule is CC(C)(C)C(=O)CCCNC(=O)NCCCC(=O)C(C)(C)C. The second-order valence-electron chi connectivity index (χ2n) is 7.74. The lowest BCUT2D eigenvalue weighted by molar-refractivity contribution is -0.127. The molecular weight excluding hydrogens is 280 g/mol. The van der Waals surface area contributed by atoms with Gasteiger partial charge in [-0.15, -0.1) is 0 Å².